The second-order valence-electron chi connectivity index (χ2n) is 6.25. The number of hydrogen-bond acceptors (Lipinski definition) is 7. The van der Waals surface area contributed by atoms with Crippen LogP contribution in [-0.4, -0.2) is 56.9 Å². The van der Waals surface area contributed by atoms with Gasteiger partial charge in [0.2, 0.25) is 5.95 Å². The van der Waals surface area contributed by atoms with E-state index in [0.717, 1.165) is 0 Å². The summed E-state index contributed by atoms with van der Waals surface area (Å²) in [7, 11) is 0. The lowest BCUT2D eigenvalue weighted by atomic mass is 10.3. The zero-order valence-corrected chi connectivity index (χ0v) is 15.0. The summed E-state index contributed by atoms with van der Waals surface area (Å²) < 4.78 is 13.0. The molecule has 1 amide bonds. The molecule has 28 heavy (non-hydrogen) atoms. The van der Waals surface area contributed by atoms with Crippen LogP contribution in [0.2, 0.25) is 0 Å². The van der Waals surface area contributed by atoms with Gasteiger partial charge < -0.3 is 15.1 Å². The summed E-state index contributed by atoms with van der Waals surface area (Å²) in [5.41, 5.74) is 0.975. The average molecular weight is 379 g/mol. The van der Waals surface area contributed by atoms with Crippen molar-refractivity contribution in [2.24, 2.45) is 0 Å². The number of nitrogens with zero attached hydrogens (tertiary/aromatic N) is 6. The molecule has 0 bridgehead atoms. The number of nitrogens with one attached hydrogen (secondary N) is 1. The molecule has 3 aromatic rings. The molecule has 8 nitrogen and oxygen atoms in total. The lowest BCUT2D eigenvalue weighted by molar-refractivity contribution is 0.0740. The number of hydrogen-bond donors (Lipinski definition) is 1. The van der Waals surface area contributed by atoms with Gasteiger partial charge in [-0.1, -0.05) is 0 Å². The fraction of sp³-hybridized carbons (Fsp3) is 0.211. The van der Waals surface area contributed by atoms with Crippen LogP contribution in [0.4, 0.5) is 21.8 Å². The van der Waals surface area contributed by atoms with Gasteiger partial charge in [-0.05, 0) is 30.3 Å². The predicted octanol–water partition coefficient (Wildman–Crippen LogP) is 2.11. The Morgan fingerprint density at radius 2 is 1.64 bits per heavy atom. The van der Waals surface area contributed by atoms with Crippen LogP contribution >= 0.6 is 0 Å². The molecule has 0 saturated carbocycles. The maximum absolute atomic E-state index is 13.0. The van der Waals surface area contributed by atoms with Crippen molar-refractivity contribution in [3.05, 3.63) is 66.6 Å². The zero-order chi connectivity index (χ0) is 19.3. The monoisotopic (exact) mass is 379 g/mol. The number of halogens is 1. The van der Waals surface area contributed by atoms with Gasteiger partial charge in [0.25, 0.3) is 5.91 Å². The molecule has 9 heteroatoms. The first-order valence-electron chi connectivity index (χ1n) is 8.85. The van der Waals surface area contributed by atoms with Crippen LogP contribution in [0.1, 0.15) is 10.5 Å². The molecule has 0 radical (unpaired) electrons. The van der Waals surface area contributed by atoms with E-state index in [1.807, 2.05) is 4.90 Å². The van der Waals surface area contributed by atoms with Crippen LogP contribution in [0.15, 0.2) is 55.1 Å². The molecule has 1 aliphatic rings. The van der Waals surface area contributed by atoms with Crippen LogP contribution in [0.5, 0.6) is 0 Å². The van der Waals surface area contributed by atoms with Crippen molar-refractivity contribution in [3.8, 4) is 0 Å². The SMILES string of the molecule is O=C(c1cnc(Nc2ccc(F)cc2)cn1)N1CCN(c2ncccn2)CC1. The number of amides is 1. The van der Waals surface area contributed by atoms with Crippen molar-refractivity contribution in [3.63, 3.8) is 0 Å². The highest BCUT2D eigenvalue weighted by atomic mass is 19.1. The summed E-state index contributed by atoms with van der Waals surface area (Å²) >= 11 is 0. The minimum atomic E-state index is -0.309. The largest absolute Gasteiger partial charge is 0.339 e. The molecule has 0 aliphatic carbocycles. The summed E-state index contributed by atoms with van der Waals surface area (Å²) in [6, 6.07) is 7.69. The second-order valence-corrected chi connectivity index (χ2v) is 6.25. The third kappa shape index (κ3) is 4.03. The predicted molar refractivity (Wildman–Crippen MR) is 102 cm³/mol. The summed E-state index contributed by atoms with van der Waals surface area (Å²) in [5, 5.41) is 3.02. The van der Waals surface area contributed by atoms with Gasteiger partial charge in [-0.15, -0.1) is 0 Å². The van der Waals surface area contributed by atoms with Crippen molar-refractivity contribution in [2.75, 3.05) is 36.4 Å². The van der Waals surface area contributed by atoms with Crippen molar-refractivity contribution in [1.82, 2.24) is 24.8 Å². The lowest BCUT2D eigenvalue weighted by Crippen LogP contribution is -2.49. The summed E-state index contributed by atoms with van der Waals surface area (Å²) in [6.45, 7) is 2.45. The highest BCUT2D eigenvalue weighted by Crippen LogP contribution is 2.15. The van der Waals surface area contributed by atoms with Gasteiger partial charge in [0.05, 0.1) is 12.4 Å². The molecule has 1 saturated heterocycles. The van der Waals surface area contributed by atoms with E-state index < -0.39 is 0 Å². The van der Waals surface area contributed by atoms with Crippen LogP contribution in [-0.2, 0) is 0 Å². The molecule has 1 aliphatic heterocycles. The van der Waals surface area contributed by atoms with Crippen molar-refractivity contribution in [2.45, 2.75) is 0 Å². The van der Waals surface area contributed by atoms with Crippen LogP contribution in [0.3, 0.4) is 0 Å². The first kappa shape index (κ1) is 17.8. The Morgan fingerprint density at radius 1 is 0.929 bits per heavy atom. The fourth-order valence-electron chi connectivity index (χ4n) is 2.91. The molecule has 1 fully saturated rings. The minimum absolute atomic E-state index is 0.158. The maximum atomic E-state index is 13.0. The maximum Gasteiger partial charge on any atom is 0.274 e. The Kier molecular flexibility index (Phi) is 5.05. The molecule has 3 heterocycles. The van der Waals surface area contributed by atoms with E-state index in [-0.39, 0.29) is 17.4 Å². The van der Waals surface area contributed by atoms with Gasteiger partial charge in [-0.2, -0.15) is 0 Å². The summed E-state index contributed by atoms with van der Waals surface area (Å²) in [4.78, 5) is 33.4. The highest BCUT2D eigenvalue weighted by Gasteiger charge is 2.24. The molecule has 1 N–H and O–H groups in total. The second kappa shape index (κ2) is 7.95. The van der Waals surface area contributed by atoms with E-state index in [1.54, 1.807) is 35.5 Å². The van der Waals surface area contributed by atoms with Gasteiger partial charge in [-0.3, -0.25) is 4.79 Å². The third-order valence-corrected chi connectivity index (χ3v) is 4.39. The molecule has 0 atom stereocenters. The van der Waals surface area contributed by atoms with Crippen molar-refractivity contribution in [1.29, 1.82) is 0 Å². The Hall–Kier alpha value is -3.62. The quantitative estimate of drug-likeness (QED) is 0.743. The smallest absolute Gasteiger partial charge is 0.274 e. The van der Waals surface area contributed by atoms with E-state index >= 15 is 0 Å². The Labute approximate surface area is 161 Å². The van der Waals surface area contributed by atoms with Crippen molar-refractivity contribution >= 4 is 23.4 Å². The Balaban J connectivity index is 1.35. The number of piperazine rings is 1. The van der Waals surface area contributed by atoms with E-state index in [1.165, 1.54) is 24.5 Å². The van der Waals surface area contributed by atoms with Gasteiger partial charge >= 0.3 is 0 Å². The van der Waals surface area contributed by atoms with E-state index in [0.29, 0.717) is 43.6 Å². The molecule has 4 rings (SSSR count). The number of aromatic nitrogens is 4. The number of anilines is 3. The van der Waals surface area contributed by atoms with E-state index in [9.17, 15) is 9.18 Å². The number of benzene rings is 1. The number of rotatable bonds is 4. The average Bonchev–Trinajstić information content (AvgIpc) is 2.76. The standard InChI is InChI=1S/C19H18FN7O/c20-14-2-4-15(5-3-14)25-17-13-23-16(12-24-17)18(28)26-8-10-27(11-9-26)19-21-6-1-7-22-19/h1-7,12-13H,8-11H2,(H,24,25). The topological polar surface area (TPSA) is 87.1 Å². The van der Waals surface area contributed by atoms with Crippen LogP contribution in [0, 0.1) is 5.82 Å². The van der Waals surface area contributed by atoms with E-state index in [2.05, 4.69) is 25.3 Å². The van der Waals surface area contributed by atoms with Gasteiger partial charge in [-0.25, -0.2) is 24.3 Å². The van der Waals surface area contributed by atoms with Gasteiger partial charge in [0.1, 0.15) is 17.3 Å². The number of carbonyl (C=O) groups excluding carboxylic acids is 1. The molecular formula is C19H18FN7O. The normalized spacial score (nSPS) is 14.0. The van der Waals surface area contributed by atoms with E-state index in [4.69, 9.17) is 0 Å². The van der Waals surface area contributed by atoms with Crippen LogP contribution < -0.4 is 10.2 Å². The molecule has 0 unspecified atom stereocenters. The summed E-state index contributed by atoms with van der Waals surface area (Å²) in [6.07, 6.45) is 6.35. The minimum Gasteiger partial charge on any atom is -0.339 e. The van der Waals surface area contributed by atoms with Crippen LogP contribution in [0.25, 0.3) is 0 Å². The molecule has 142 valence electrons. The third-order valence-electron chi connectivity index (χ3n) is 4.39. The van der Waals surface area contributed by atoms with Crippen molar-refractivity contribution < 1.29 is 9.18 Å². The Bertz CT molecular complexity index is 927. The van der Waals surface area contributed by atoms with Gasteiger partial charge in [0, 0.05) is 44.3 Å². The molecule has 2 aromatic heterocycles. The number of carbonyl (C=O) groups is 1. The first-order chi connectivity index (χ1) is 13.7. The lowest BCUT2D eigenvalue weighted by Gasteiger charge is -2.34. The first-order valence-corrected chi connectivity index (χ1v) is 8.85. The summed E-state index contributed by atoms with van der Waals surface area (Å²) in [5.74, 6) is 0.686. The zero-order valence-electron chi connectivity index (χ0n) is 15.0. The Morgan fingerprint density at radius 3 is 2.29 bits per heavy atom. The molecule has 1 aromatic carbocycles. The molecule has 0 spiro atoms. The van der Waals surface area contributed by atoms with Gasteiger partial charge in [0.15, 0.2) is 0 Å². The molecular weight excluding hydrogens is 361 g/mol. The highest BCUT2D eigenvalue weighted by molar-refractivity contribution is 5.92. The fourth-order valence-corrected chi connectivity index (χ4v) is 2.91.